The van der Waals surface area contributed by atoms with Crippen LogP contribution in [0.1, 0.15) is 32.8 Å². The van der Waals surface area contributed by atoms with Crippen LogP contribution in [0.5, 0.6) is 0 Å². The molecule has 1 aromatic carbocycles. The molecular weight excluding hydrogens is 342 g/mol. The van der Waals surface area contributed by atoms with Gasteiger partial charge in [-0.15, -0.1) is 0 Å². The summed E-state index contributed by atoms with van der Waals surface area (Å²) in [5.41, 5.74) is 0.0488. The lowest BCUT2D eigenvalue weighted by Gasteiger charge is -2.30. The van der Waals surface area contributed by atoms with Crippen molar-refractivity contribution in [2.45, 2.75) is 44.8 Å². The number of amides is 3. The molecule has 3 amide bonds. The predicted molar refractivity (Wildman–Crippen MR) is 92.9 cm³/mol. The van der Waals surface area contributed by atoms with Crippen molar-refractivity contribution in [2.75, 3.05) is 5.32 Å². The molecule has 0 radical (unpaired) electrons. The van der Waals surface area contributed by atoms with Gasteiger partial charge in [-0.05, 0) is 38.5 Å². The van der Waals surface area contributed by atoms with Crippen LogP contribution in [0.2, 0.25) is 5.02 Å². The molecule has 4 rings (SSSR count). The number of nitrogens with one attached hydrogen (secondary N) is 2. The average molecular weight is 362 g/mol. The van der Waals surface area contributed by atoms with Gasteiger partial charge in [-0.2, -0.15) is 0 Å². The second-order valence-electron chi connectivity index (χ2n) is 7.19. The quantitative estimate of drug-likeness (QED) is 0.788. The fraction of sp³-hybridized carbons (Fsp3) is 0.500. The van der Waals surface area contributed by atoms with Gasteiger partial charge in [-0.25, -0.2) is 0 Å². The minimum Gasteiger partial charge on any atom is -0.324 e. The first-order chi connectivity index (χ1) is 11.8. The van der Waals surface area contributed by atoms with Crippen molar-refractivity contribution in [1.29, 1.82) is 0 Å². The van der Waals surface area contributed by atoms with E-state index in [1.807, 2.05) is 20.8 Å². The highest BCUT2D eigenvalue weighted by Crippen LogP contribution is 2.53. The summed E-state index contributed by atoms with van der Waals surface area (Å²) in [6.45, 7) is 5.66. The van der Waals surface area contributed by atoms with Gasteiger partial charge in [0.25, 0.3) is 0 Å². The molecule has 0 aliphatic carbocycles. The molecule has 6 nitrogen and oxygen atoms in total. The topological polar surface area (TPSA) is 78.5 Å². The lowest BCUT2D eigenvalue weighted by molar-refractivity contribution is -0.145. The van der Waals surface area contributed by atoms with Gasteiger partial charge in [-0.3, -0.25) is 24.6 Å². The van der Waals surface area contributed by atoms with Crippen LogP contribution in [0.15, 0.2) is 18.2 Å². The van der Waals surface area contributed by atoms with Gasteiger partial charge >= 0.3 is 0 Å². The molecule has 3 heterocycles. The fourth-order valence-electron chi connectivity index (χ4n) is 4.58. The van der Waals surface area contributed by atoms with Gasteiger partial charge in [0.05, 0.1) is 11.8 Å². The molecule has 2 N–H and O–H groups in total. The molecule has 3 aliphatic rings. The standard InChI is InChI=1S/C18H20ClN3O3/c1-4-8(2)22-15(23)13-9(3)21-18(14(13)16(22)24)11-7-10(19)5-6-12(11)20-17(18)25/h5-9,13-14,21H,4H2,1-3H3,(H,20,25)/t8?,9?,13-,14+,18?/m1/s1. The maximum absolute atomic E-state index is 13.2. The number of halogens is 1. The van der Waals surface area contributed by atoms with Crippen molar-refractivity contribution in [3.05, 3.63) is 28.8 Å². The first-order valence-corrected chi connectivity index (χ1v) is 8.96. The van der Waals surface area contributed by atoms with Crippen LogP contribution >= 0.6 is 11.6 Å². The number of anilines is 1. The zero-order valence-corrected chi connectivity index (χ0v) is 15.1. The summed E-state index contributed by atoms with van der Waals surface area (Å²) in [6, 6.07) is 4.67. The molecule has 2 fully saturated rings. The van der Waals surface area contributed by atoms with E-state index < -0.39 is 17.4 Å². The van der Waals surface area contributed by atoms with Crippen LogP contribution in [0.3, 0.4) is 0 Å². The van der Waals surface area contributed by atoms with Gasteiger partial charge in [0.15, 0.2) is 0 Å². The second kappa shape index (κ2) is 5.29. The van der Waals surface area contributed by atoms with Crippen molar-refractivity contribution < 1.29 is 14.4 Å². The predicted octanol–water partition coefficient (Wildman–Crippen LogP) is 1.88. The normalized spacial score (nSPS) is 34.5. The number of hydrogen-bond acceptors (Lipinski definition) is 4. The molecule has 0 saturated carbocycles. The third-order valence-electron chi connectivity index (χ3n) is 5.89. The number of imide groups is 1. The van der Waals surface area contributed by atoms with E-state index in [0.717, 1.165) is 0 Å². The molecule has 1 spiro atoms. The van der Waals surface area contributed by atoms with Crippen molar-refractivity contribution in [3.8, 4) is 0 Å². The summed E-state index contributed by atoms with van der Waals surface area (Å²) < 4.78 is 0. The summed E-state index contributed by atoms with van der Waals surface area (Å²) in [5, 5.41) is 6.59. The summed E-state index contributed by atoms with van der Waals surface area (Å²) in [4.78, 5) is 40.4. The Morgan fingerprint density at radius 2 is 2.00 bits per heavy atom. The third-order valence-corrected chi connectivity index (χ3v) is 6.13. The van der Waals surface area contributed by atoms with E-state index in [0.29, 0.717) is 22.7 Å². The maximum atomic E-state index is 13.2. The highest BCUT2D eigenvalue weighted by Gasteiger charge is 2.69. The molecule has 2 saturated heterocycles. The lowest BCUT2D eigenvalue weighted by Crippen LogP contribution is -2.53. The molecule has 3 aliphatic heterocycles. The SMILES string of the molecule is CCC(C)N1C(=O)[C@@H]2C(C)NC3(C(=O)Nc4ccc(Cl)cc43)[C@@H]2C1=O. The van der Waals surface area contributed by atoms with Gasteiger partial charge < -0.3 is 5.32 Å². The van der Waals surface area contributed by atoms with Crippen LogP contribution in [-0.2, 0) is 19.9 Å². The number of benzene rings is 1. The molecular formula is C18H20ClN3O3. The number of carbonyl (C=O) groups excluding carboxylic acids is 3. The summed E-state index contributed by atoms with van der Waals surface area (Å²) in [6.07, 6.45) is 0.681. The Labute approximate surface area is 150 Å². The molecule has 7 heteroatoms. The molecule has 1 aromatic rings. The van der Waals surface area contributed by atoms with Crippen LogP contribution in [0, 0.1) is 11.8 Å². The van der Waals surface area contributed by atoms with Crippen molar-refractivity contribution >= 4 is 35.0 Å². The van der Waals surface area contributed by atoms with E-state index in [4.69, 9.17) is 11.6 Å². The van der Waals surface area contributed by atoms with Crippen LogP contribution < -0.4 is 10.6 Å². The molecule has 0 bridgehead atoms. The first kappa shape index (κ1) is 16.5. The number of rotatable bonds is 2. The van der Waals surface area contributed by atoms with E-state index in [2.05, 4.69) is 10.6 Å². The number of nitrogens with zero attached hydrogens (tertiary/aromatic N) is 1. The highest BCUT2D eigenvalue weighted by atomic mass is 35.5. The van der Waals surface area contributed by atoms with E-state index in [-0.39, 0.29) is 29.8 Å². The van der Waals surface area contributed by atoms with E-state index >= 15 is 0 Å². The summed E-state index contributed by atoms with van der Waals surface area (Å²) in [5.74, 6) is -2.05. The smallest absolute Gasteiger partial charge is 0.250 e. The van der Waals surface area contributed by atoms with Crippen LogP contribution in [-0.4, -0.2) is 34.7 Å². The van der Waals surface area contributed by atoms with Gasteiger partial charge in [0.1, 0.15) is 5.54 Å². The molecule has 0 aromatic heterocycles. The Bertz CT molecular complexity index is 811. The molecule has 3 unspecified atom stereocenters. The Hall–Kier alpha value is -1.92. The largest absolute Gasteiger partial charge is 0.324 e. The van der Waals surface area contributed by atoms with E-state index in [1.165, 1.54) is 4.90 Å². The number of fused-ring (bicyclic) bond motifs is 4. The fourth-order valence-corrected chi connectivity index (χ4v) is 4.75. The molecule has 25 heavy (non-hydrogen) atoms. The lowest BCUT2D eigenvalue weighted by atomic mass is 9.76. The highest BCUT2D eigenvalue weighted by molar-refractivity contribution is 6.31. The Kier molecular flexibility index (Phi) is 3.50. The van der Waals surface area contributed by atoms with Gasteiger partial charge in [-0.1, -0.05) is 18.5 Å². The molecule has 132 valence electrons. The van der Waals surface area contributed by atoms with Gasteiger partial charge in [0, 0.05) is 28.4 Å². The number of hydrogen-bond donors (Lipinski definition) is 2. The van der Waals surface area contributed by atoms with Gasteiger partial charge in [0.2, 0.25) is 17.7 Å². The minimum absolute atomic E-state index is 0.182. The Morgan fingerprint density at radius 1 is 1.28 bits per heavy atom. The first-order valence-electron chi connectivity index (χ1n) is 8.59. The summed E-state index contributed by atoms with van der Waals surface area (Å²) in [7, 11) is 0. The number of likely N-dealkylation sites (tertiary alicyclic amines) is 1. The zero-order chi connectivity index (χ0) is 18.1. The monoisotopic (exact) mass is 361 g/mol. The number of carbonyl (C=O) groups is 3. The van der Waals surface area contributed by atoms with E-state index in [1.54, 1.807) is 18.2 Å². The maximum Gasteiger partial charge on any atom is 0.250 e. The minimum atomic E-state index is -1.24. The Balaban J connectivity index is 1.89. The second-order valence-corrected chi connectivity index (χ2v) is 7.63. The third kappa shape index (κ3) is 1.92. The van der Waals surface area contributed by atoms with Crippen molar-refractivity contribution in [1.82, 2.24) is 10.2 Å². The summed E-state index contributed by atoms with van der Waals surface area (Å²) >= 11 is 6.15. The van der Waals surface area contributed by atoms with Crippen LogP contribution in [0.4, 0.5) is 5.69 Å². The molecule has 5 atom stereocenters. The van der Waals surface area contributed by atoms with Crippen molar-refractivity contribution in [3.63, 3.8) is 0 Å². The van der Waals surface area contributed by atoms with Crippen LogP contribution in [0.25, 0.3) is 0 Å². The average Bonchev–Trinajstić information content (AvgIpc) is 3.12. The van der Waals surface area contributed by atoms with Crippen molar-refractivity contribution in [2.24, 2.45) is 11.8 Å². The Morgan fingerprint density at radius 3 is 2.68 bits per heavy atom. The van der Waals surface area contributed by atoms with E-state index in [9.17, 15) is 14.4 Å². The zero-order valence-electron chi connectivity index (χ0n) is 14.3.